The molecule has 20 heavy (non-hydrogen) atoms. The van der Waals surface area contributed by atoms with Crippen molar-refractivity contribution in [3.05, 3.63) is 29.6 Å². The summed E-state index contributed by atoms with van der Waals surface area (Å²) in [7, 11) is 1.40. The highest BCUT2D eigenvalue weighted by Gasteiger charge is 2.30. The minimum Gasteiger partial charge on any atom is -0.494 e. The molecule has 1 aliphatic rings. The lowest BCUT2D eigenvalue weighted by molar-refractivity contribution is -0.136. The Morgan fingerprint density at radius 3 is 2.90 bits per heavy atom. The van der Waals surface area contributed by atoms with Gasteiger partial charge in [0.2, 0.25) is 5.91 Å². The molecule has 1 atom stereocenters. The maximum absolute atomic E-state index is 13.6. The Bertz CT molecular complexity index is 502. The van der Waals surface area contributed by atoms with Gasteiger partial charge in [-0.3, -0.25) is 4.79 Å². The zero-order valence-electron chi connectivity index (χ0n) is 11.9. The van der Waals surface area contributed by atoms with Gasteiger partial charge in [0.15, 0.2) is 11.6 Å². The fourth-order valence-corrected chi connectivity index (χ4v) is 2.54. The van der Waals surface area contributed by atoms with Crippen LogP contribution in [-0.4, -0.2) is 41.7 Å². The lowest BCUT2D eigenvalue weighted by Crippen LogP contribution is -2.49. The van der Waals surface area contributed by atoms with Crippen molar-refractivity contribution in [2.75, 3.05) is 20.2 Å². The highest BCUT2D eigenvalue weighted by molar-refractivity contribution is 5.79. The summed E-state index contributed by atoms with van der Waals surface area (Å²) in [5, 5.41) is 10.0. The molecule has 1 unspecified atom stereocenters. The van der Waals surface area contributed by atoms with Crippen molar-refractivity contribution >= 4 is 5.91 Å². The Hall–Kier alpha value is -1.62. The molecule has 110 valence electrons. The van der Waals surface area contributed by atoms with Crippen LogP contribution in [0.2, 0.25) is 0 Å². The maximum atomic E-state index is 13.6. The molecule has 0 bridgehead atoms. The number of nitrogens with zero attached hydrogens (tertiary/aromatic N) is 1. The molecule has 1 saturated heterocycles. The Labute approximate surface area is 118 Å². The van der Waals surface area contributed by atoms with Gasteiger partial charge in [-0.2, -0.15) is 0 Å². The van der Waals surface area contributed by atoms with Gasteiger partial charge >= 0.3 is 0 Å². The molecule has 1 heterocycles. The highest BCUT2D eigenvalue weighted by atomic mass is 19.1. The van der Waals surface area contributed by atoms with Crippen molar-refractivity contribution in [2.45, 2.75) is 31.8 Å². The molecular weight excluding hydrogens is 261 g/mol. The molecular formula is C15H20FNO3. The summed E-state index contributed by atoms with van der Waals surface area (Å²) >= 11 is 0. The molecule has 1 fully saturated rings. The molecule has 2 rings (SSSR count). The summed E-state index contributed by atoms with van der Waals surface area (Å²) in [6.45, 7) is 2.72. The number of rotatable bonds is 3. The van der Waals surface area contributed by atoms with E-state index in [2.05, 4.69) is 0 Å². The van der Waals surface area contributed by atoms with E-state index in [0.717, 1.165) is 6.42 Å². The van der Waals surface area contributed by atoms with Crippen molar-refractivity contribution in [3.63, 3.8) is 0 Å². The number of methoxy groups -OCH3 is 1. The largest absolute Gasteiger partial charge is 0.494 e. The van der Waals surface area contributed by atoms with Gasteiger partial charge < -0.3 is 14.7 Å². The van der Waals surface area contributed by atoms with E-state index in [1.807, 2.05) is 0 Å². The molecule has 5 heteroatoms. The minimum absolute atomic E-state index is 0.0884. The fourth-order valence-electron chi connectivity index (χ4n) is 2.54. The molecule has 0 aromatic heterocycles. The van der Waals surface area contributed by atoms with E-state index in [-0.39, 0.29) is 18.1 Å². The lowest BCUT2D eigenvalue weighted by Gasteiger charge is -2.36. The quantitative estimate of drug-likeness (QED) is 0.918. The van der Waals surface area contributed by atoms with Crippen LogP contribution in [0.5, 0.6) is 5.75 Å². The van der Waals surface area contributed by atoms with Crippen LogP contribution in [0.25, 0.3) is 0 Å². The van der Waals surface area contributed by atoms with E-state index in [4.69, 9.17) is 4.74 Å². The van der Waals surface area contributed by atoms with Crippen molar-refractivity contribution < 1.29 is 19.0 Å². The van der Waals surface area contributed by atoms with Crippen molar-refractivity contribution in [2.24, 2.45) is 0 Å². The second-order valence-electron chi connectivity index (χ2n) is 5.56. The Morgan fingerprint density at radius 2 is 2.30 bits per heavy atom. The molecule has 1 aromatic carbocycles. The number of piperidine rings is 1. The van der Waals surface area contributed by atoms with Crippen molar-refractivity contribution in [1.29, 1.82) is 0 Å². The Kier molecular flexibility index (Phi) is 4.28. The molecule has 1 aliphatic heterocycles. The third kappa shape index (κ3) is 3.48. The Balaban J connectivity index is 2.02. The number of hydrogen-bond donors (Lipinski definition) is 1. The van der Waals surface area contributed by atoms with E-state index in [9.17, 15) is 14.3 Å². The summed E-state index contributed by atoms with van der Waals surface area (Å²) in [5.41, 5.74) is -0.211. The number of β-amino-alcohol motifs (C(OH)–C–C–N with tert-alkyl or cyclic N) is 1. The van der Waals surface area contributed by atoms with Gasteiger partial charge in [0.1, 0.15) is 0 Å². The highest BCUT2D eigenvalue weighted by Crippen LogP contribution is 2.22. The summed E-state index contributed by atoms with van der Waals surface area (Å²) in [5.74, 6) is -0.389. The maximum Gasteiger partial charge on any atom is 0.227 e. The third-order valence-corrected chi connectivity index (χ3v) is 3.60. The predicted molar refractivity (Wildman–Crippen MR) is 73.1 cm³/mol. The van der Waals surface area contributed by atoms with E-state index in [1.165, 1.54) is 19.2 Å². The van der Waals surface area contributed by atoms with Gasteiger partial charge in [-0.05, 0) is 37.5 Å². The first-order valence-corrected chi connectivity index (χ1v) is 6.74. The van der Waals surface area contributed by atoms with Crippen LogP contribution < -0.4 is 4.74 Å². The van der Waals surface area contributed by atoms with E-state index in [1.54, 1.807) is 17.9 Å². The van der Waals surface area contributed by atoms with Crippen molar-refractivity contribution in [3.8, 4) is 5.75 Å². The molecule has 0 radical (unpaired) electrons. The summed E-state index contributed by atoms with van der Waals surface area (Å²) in [4.78, 5) is 13.8. The number of carbonyl (C=O) groups is 1. The number of likely N-dealkylation sites (tertiary alicyclic amines) is 1. The minimum atomic E-state index is -0.820. The van der Waals surface area contributed by atoms with Crippen LogP contribution >= 0.6 is 0 Å². The van der Waals surface area contributed by atoms with Crippen LogP contribution in [-0.2, 0) is 11.2 Å². The van der Waals surface area contributed by atoms with Gasteiger partial charge in [-0.1, -0.05) is 6.07 Å². The molecule has 4 nitrogen and oxygen atoms in total. The smallest absolute Gasteiger partial charge is 0.227 e. The number of halogens is 1. The standard InChI is InChI=1S/C15H20FNO3/c1-15(19)6-3-7-17(10-15)14(18)9-11-4-5-13(20-2)12(16)8-11/h4-5,8,19H,3,6-7,9-10H2,1-2H3. The zero-order valence-corrected chi connectivity index (χ0v) is 11.9. The number of hydrogen-bond acceptors (Lipinski definition) is 3. The summed E-state index contributed by atoms with van der Waals surface area (Å²) in [6.07, 6.45) is 1.63. The average molecular weight is 281 g/mol. The Morgan fingerprint density at radius 1 is 1.55 bits per heavy atom. The van der Waals surface area contributed by atoms with E-state index < -0.39 is 11.4 Å². The average Bonchev–Trinajstić information content (AvgIpc) is 2.37. The number of ether oxygens (including phenoxy) is 1. The zero-order chi connectivity index (χ0) is 14.8. The van der Waals surface area contributed by atoms with Gasteiger partial charge in [0, 0.05) is 13.1 Å². The van der Waals surface area contributed by atoms with Crippen LogP contribution in [0, 0.1) is 5.82 Å². The van der Waals surface area contributed by atoms with E-state index >= 15 is 0 Å². The first-order valence-electron chi connectivity index (χ1n) is 6.74. The third-order valence-electron chi connectivity index (χ3n) is 3.60. The van der Waals surface area contributed by atoms with Gasteiger partial charge in [-0.15, -0.1) is 0 Å². The topological polar surface area (TPSA) is 49.8 Å². The summed E-state index contributed by atoms with van der Waals surface area (Å²) in [6, 6.07) is 4.52. The first kappa shape index (κ1) is 14.8. The fraction of sp³-hybridized carbons (Fsp3) is 0.533. The summed E-state index contributed by atoms with van der Waals surface area (Å²) < 4.78 is 18.4. The lowest BCUT2D eigenvalue weighted by atomic mass is 9.94. The molecule has 0 saturated carbocycles. The molecule has 0 spiro atoms. The number of aliphatic hydroxyl groups is 1. The predicted octanol–water partition coefficient (Wildman–Crippen LogP) is 1.75. The van der Waals surface area contributed by atoms with Gasteiger partial charge in [-0.25, -0.2) is 4.39 Å². The molecule has 1 N–H and O–H groups in total. The van der Waals surface area contributed by atoms with E-state index in [0.29, 0.717) is 25.1 Å². The van der Waals surface area contributed by atoms with Crippen molar-refractivity contribution in [1.82, 2.24) is 4.90 Å². The molecule has 1 amide bonds. The van der Waals surface area contributed by atoms with Crippen LogP contribution in [0.1, 0.15) is 25.3 Å². The molecule has 0 aliphatic carbocycles. The second-order valence-corrected chi connectivity index (χ2v) is 5.56. The van der Waals surface area contributed by atoms with Gasteiger partial charge in [0.25, 0.3) is 0 Å². The second kappa shape index (κ2) is 5.79. The van der Waals surface area contributed by atoms with Gasteiger partial charge in [0.05, 0.1) is 19.1 Å². The van der Waals surface area contributed by atoms with Crippen LogP contribution in [0.15, 0.2) is 18.2 Å². The van der Waals surface area contributed by atoms with Crippen LogP contribution in [0.3, 0.4) is 0 Å². The normalized spacial score (nSPS) is 22.7. The number of amides is 1. The number of benzene rings is 1. The SMILES string of the molecule is COc1ccc(CC(=O)N2CCCC(C)(O)C2)cc1F. The first-order chi connectivity index (χ1) is 9.41. The molecule has 1 aromatic rings. The monoisotopic (exact) mass is 281 g/mol. The van der Waals surface area contributed by atoms with Crippen LogP contribution in [0.4, 0.5) is 4.39 Å². The number of carbonyl (C=O) groups excluding carboxylic acids is 1.